The van der Waals surface area contributed by atoms with Crippen molar-refractivity contribution < 1.29 is 9.47 Å². The third-order valence-corrected chi connectivity index (χ3v) is 2.41. The molecule has 0 fully saturated rings. The van der Waals surface area contributed by atoms with Gasteiger partial charge in [0.1, 0.15) is 12.1 Å². The molecule has 2 aromatic rings. The third-order valence-electron chi connectivity index (χ3n) is 2.41. The van der Waals surface area contributed by atoms with E-state index < -0.39 is 0 Å². The third kappa shape index (κ3) is 3.46. The van der Waals surface area contributed by atoms with Gasteiger partial charge in [-0.1, -0.05) is 24.1 Å². The van der Waals surface area contributed by atoms with Crippen LogP contribution in [0, 0.1) is 18.8 Å². The van der Waals surface area contributed by atoms with Gasteiger partial charge in [-0.2, -0.15) is 0 Å². The zero-order chi connectivity index (χ0) is 13.5. The van der Waals surface area contributed by atoms with Crippen molar-refractivity contribution in [2.24, 2.45) is 0 Å². The van der Waals surface area contributed by atoms with Crippen LogP contribution in [-0.4, -0.2) is 16.6 Å². The molecule has 0 aliphatic carbocycles. The average molecular weight is 254 g/mol. The first-order chi connectivity index (χ1) is 9.31. The van der Waals surface area contributed by atoms with E-state index in [-0.39, 0.29) is 0 Å². The molecular formula is C15H14N2O2. The first kappa shape index (κ1) is 12.9. The highest BCUT2D eigenvalue weighted by atomic mass is 16.5. The standard InChI is InChI=1S/C15H14N2O2/c1-3-4-10-18-14-12(2)15(17-11-16-14)19-13-8-6-5-7-9-13/h5-9,11H,10H2,1-2H3. The zero-order valence-electron chi connectivity index (χ0n) is 10.9. The molecule has 19 heavy (non-hydrogen) atoms. The van der Waals surface area contributed by atoms with Crippen molar-refractivity contribution in [1.82, 2.24) is 9.97 Å². The van der Waals surface area contributed by atoms with Crippen molar-refractivity contribution in [3.05, 3.63) is 42.2 Å². The van der Waals surface area contributed by atoms with Crippen molar-refractivity contribution >= 4 is 0 Å². The summed E-state index contributed by atoms with van der Waals surface area (Å²) < 4.78 is 11.1. The molecule has 2 rings (SSSR count). The van der Waals surface area contributed by atoms with Crippen LogP contribution in [0.2, 0.25) is 0 Å². The molecule has 1 aromatic heterocycles. The normalized spacial score (nSPS) is 9.37. The quantitative estimate of drug-likeness (QED) is 0.787. The Morgan fingerprint density at radius 3 is 2.58 bits per heavy atom. The van der Waals surface area contributed by atoms with E-state index in [9.17, 15) is 0 Å². The Kier molecular flexibility index (Phi) is 4.35. The maximum atomic E-state index is 5.69. The fourth-order valence-electron chi connectivity index (χ4n) is 1.44. The average Bonchev–Trinajstić information content (AvgIpc) is 2.44. The fraction of sp³-hybridized carbons (Fsp3) is 0.200. The second-order valence-electron chi connectivity index (χ2n) is 3.74. The Balaban J connectivity index is 2.17. The predicted molar refractivity (Wildman–Crippen MR) is 72.2 cm³/mol. The van der Waals surface area contributed by atoms with Gasteiger partial charge in [0.25, 0.3) is 0 Å². The lowest BCUT2D eigenvalue weighted by atomic mass is 10.3. The number of nitrogens with zero attached hydrogens (tertiary/aromatic N) is 2. The summed E-state index contributed by atoms with van der Waals surface area (Å²) in [6.45, 7) is 3.92. The van der Waals surface area contributed by atoms with Crippen LogP contribution < -0.4 is 9.47 Å². The molecule has 0 aliphatic heterocycles. The Labute approximate surface area is 112 Å². The van der Waals surface area contributed by atoms with Gasteiger partial charge in [0, 0.05) is 0 Å². The van der Waals surface area contributed by atoms with Gasteiger partial charge in [-0.15, -0.1) is 5.92 Å². The molecule has 0 saturated heterocycles. The molecule has 1 heterocycles. The van der Waals surface area contributed by atoms with Crippen LogP contribution in [0.3, 0.4) is 0 Å². The van der Waals surface area contributed by atoms with E-state index in [1.54, 1.807) is 6.92 Å². The molecule has 1 aromatic carbocycles. The van der Waals surface area contributed by atoms with E-state index in [0.717, 1.165) is 11.3 Å². The second-order valence-corrected chi connectivity index (χ2v) is 3.74. The molecule has 96 valence electrons. The molecule has 0 unspecified atom stereocenters. The highest BCUT2D eigenvalue weighted by Gasteiger charge is 2.09. The molecule has 0 atom stereocenters. The molecule has 4 nitrogen and oxygen atoms in total. The van der Waals surface area contributed by atoms with Crippen LogP contribution in [0.1, 0.15) is 12.5 Å². The van der Waals surface area contributed by atoms with E-state index in [0.29, 0.717) is 18.4 Å². The summed E-state index contributed by atoms with van der Waals surface area (Å²) in [4.78, 5) is 8.18. The lowest BCUT2D eigenvalue weighted by Gasteiger charge is -2.09. The number of hydrogen-bond donors (Lipinski definition) is 0. The summed E-state index contributed by atoms with van der Waals surface area (Å²) >= 11 is 0. The van der Waals surface area contributed by atoms with Crippen LogP contribution in [0.15, 0.2) is 36.7 Å². The largest absolute Gasteiger partial charge is 0.464 e. The van der Waals surface area contributed by atoms with Gasteiger partial charge < -0.3 is 9.47 Å². The fourth-order valence-corrected chi connectivity index (χ4v) is 1.44. The summed E-state index contributed by atoms with van der Waals surface area (Å²) in [5.41, 5.74) is 0.754. The Morgan fingerprint density at radius 1 is 1.11 bits per heavy atom. The SMILES string of the molecule is CC#CCOc1ncnc(Oc2ccccc2)c1C. The monoisotopic (exact) mass is 254 g/mol. The predicted octanol–water partition coefficient (Wildman–Crippen LogP) is 2.98. The van der Waals surface area contributed by atoms with Crippen molar-refractivity contribution in [3.63, 3.8) is 0 Å². The van der Waals surface area contributed by atoms with Gasteiger partial charge in [-0.05, 0) is 26.0 Å². The molecule has 0 radical (unpaired) electrons. The zero-order valence-corrected chi connectivity index (χ0v) is 10.9. The maximum Gasteiger partial charge on any atom is 0.229 e. The number of benzene rings is 1. The summed E-state index contributed by atoms with van der Waals surface area (Å²) in [7, 11) is 0. The van der Waals surface area contributed by atoms with Crippen molar-refractivity contribution in [3.8, 4) is 29.4 Å². The van der Waals surface area contributed by atoms with E-state index >= 15 is 0 Å². The van der Waals surface area contributed by atoms with Crippen molar-refractivity contribution in [2.45, 2.75) is 13.8 Å². The van der Waals surface area contributed by atoms with Crippen LogP contribution >= 0.6 is 0 Å². The van der Waals surface area contributed by atoms with Gasteiger partial charge in [-0.25, -0.2) is 9.97 Å². The smallest absolute Gasteiger partial charge is 0.229 e. The summed E-state index contributed by atoms with van der Waals surface area (Å²) in [5, 5.41) is 0. The van der Waals surface area contributed by atoms with Crippen molar-refractivity contribution in [1.29, 1.82) is 0 Å². The lowest BCUT2D eigenvalue weighted by molar-refractivity contribution is 0.345. The number of aromatic nitrogens is 2. The van der Waals surface area contributed by atoms with E-state index in [4.69, 9.17) is 9.47 Å². The second kappa shape index (κ2) is 6.41. The molecular weight excluding hydrogens is 240 g/mol. The van der Waals surface area contributed by atoms with Gasteiger partial charge in [-0.3, -0.25) is 0 Å². The summed E-state index contributed by atoms with van der Waals surface area (Å²) in [6.07, 6.45) is 1.42. The molecule has 0 spiro atoms. The molecule has 0 amide bonds. The molecule has 4 heteroatoms. The lowest BCUT2D eigenvalue weighted by Crippen LogP contribution is -2.01. The summed E-state index contributed by atoms with van der Waals surface area (Å²) in [6, 6.07) is 9.47. The van der Waals surface area contributed by atoms with Gasteiger partial charge in [0.2, 0.25) is 11.8 Å². The molecule has 0 N–H and O–H groups in total. The van der Waals surface area contributed by atoms with Gasteiger partial charge >= 0.3 is 0 Å². The number of hydrogen-bond acceptors (Lipinski definition) is 4. The number of para-hydroxylation sites is 1. The highest BCUT2D eigenvalue weighted by molar-refractivity contribution is 5.36. The first-order valence-electron chi connectivity index (χ1n) is 5.88. The molecule has 0 aliphatic rings. The minimum atomic E-state index is 0.305. The summed E-state index contributed by atoms with van der Waals surface area (Å²) in [5.74, 6) is 7.28. The van der Waals surface area contributed by atoms with Crippen LogP contribution in [0.5, 0.6) is 17.5 Å². The van der Waals surface area contributed by atoms with Gasteiger partial charge in [0.15, 0.2) is 6.61 Å². The number of rotatable bonds is 4. The van der Waals surface area contributed by atoms with Gasteiger partial charge in [0.05, 0.1) is 5.56 Å². The van der Waals surface area contributed by atoms with Crippen LogP contribution in [0.4, 0.5) is 0 Å². The first-order valence-corrected chi connectivity index (χ1v) is 5.88. The van der Waals surface area contributed by atoms with Crippen LogP contribution in [0.25, 0.3) is 0 Å². The Hall–Kier alpha value is -2.54. The Bertz CT molecular complexity index is 601. The minimum Gasteiger partial charge on any atom is -0.464 e. The number of ether oxygens (including phenoxy) is 2. The van der Waals surface area contributed by atoms with Crippen molar-refractivity contribution in [2.75, 3.05) is 6.61 Å². The van der Waals surface area contributed by atoms with E-state index in [1.807, 2.05) is 37.3 Å². The van der Waals surface area contributed by atoms with E-state index in [1.165, 1.54) is 6.33 Å². The Morgan fingerprint density at radius 2 is 1.84 bits per heavy atom. The minimum absolute atomic E-state index is 0.305. The maximum absolute atomic E-state index is 5.69. The van der Waals surface area contributed by atoms with Crippen LogP contribution in [-0.2, 0) is 0 Å². The van der Waals surface area contributed by atoms with E-state index in [2.05, 4.69) is 21.8 Å². The highest BCUT2D eigenvalue weighted by Crippen LogP contribution is 2.26. The topological polar surface area (TPSA) is 44.2 Å². The molecule has 0 saturated carbocycles. The molecule has 0 bridgehead atoms.